The average Bonchev–Trinajstić information content (AvgIpc) is 3.16. The van der Waals surface area contributed by atoms with Crippen molar-refractivity contribution in [1.29, 1.82) is 5.26 Å². The number of nitriles is 1. The monoisotopic (exact) mass is 420 g/mol. The molecule has 0 radical (unpaired) electrons. The number of aromatic nitrogens is 1. The molecule has 1 saturated heterocycles. The maximum Gasteiger partial charge on any atom is 0.261 e. The van der Waals surface area contributed by atoms with Gasteiger partial charge in [0.05, 0.1) is 11.1 Å². The first-order chi connectivity index (χ1) is 14.9. The van der Waals surface area contributed by atoms with E-state index in [0.717, 1.165) is 18.1 Å². The van der Waals surface area contributed by atoms with Gasteiger partial charge >= 0.3 is 0 Å². The Labute approximate surface area is 179 Å². The van der Waals surface area contributed by atoms with Crippen molar-refractivity contribution in [3.63, 3.8) is 0 Å². The number of hydrazone groups is 1. The first-order valence-corrected chi connectivity index (χ1v) is 9.91. The van der Waals surface area contributed by atoms with Crippen LogP contribution >= 0.6 is 0 Å². The van der Waals surface area contributed by atoms with Gasteiger partial charge in [0, 0.05) is 38.6 Å². The van der Waals surface area contributed by atoms with Crippen LogP contribution < -0.4 is 5.01 Å². The Morgan fingerprint density at radius 1 is 1.23 bits per heavy atom. The largest absolute Gasteiger partial charge is 0.336 e. The van der Waals surface area contributed by atoms with Crippen LogP contribution in [0.15, 0.2) is 35.6 Å². The number of carbonyl (C=O) groups excluding carboxylic acids is 2. The minimum absolute atomic E-state index is 0.0669. The Bertz CT molecular complexity index is 1100. The molecule has 3 heterocycles. The molecule has 158 valence electrons. The maximum absolute atomic E-state index is 14.1. The topological polar surface area (TPSA) is 92.9 Å². The minimum atomic E-state index is -0.768. The highest BCUT2D eigenvalue weighted by molar-refractivity contribution is 6.12. The Kier molecular flexibility index (Phi) is 5.48. The zero-order valence-corrected chi connectivity index (χ0v) is 17.2. The van der Waals surface area contributed by atoms with Crippen LogP contribution in [0.4, 0.5) is 10.2 Å². The summed E-state index contributed by atoms with van der Waals surface area (Å²) in [5.74, 6) is -1.63. The molecule has 1 atom stereocenters. The maximum atomic E-state index is 14.1. The lowest BCUT2D eigenvalue weighted by Gasteiger charge is -2.32. The van der Waals surface area contributed by atoms with Gasteiger partial charge < -0.3 is 9.80 Å². The van der Waals surface area contributed by atoms with Crippen molar-refractivity contribution in [2.75, 3.05) is 38.2 Å². The molecule has 9 heteroatoms. The van der Waals surface area contributed by atoms with Crippen LogP contribution in [-0.2, 0) is 4.79 Å². The van der Waals surface area contributed by atoms with Crippen molar-refractivity contribution in [3.05, 3.63) is 58.5 Å². The molecular formula is C22H21FN6O2. The molecule has 2 aliphatic rings. The molecule has 0 bridgehead atoms. The number of rotatable bonds is 3. The molecule has 4 rings (SSSR count). The molecule has 31 heavy (non-hydrogen) atoms. The summed E-state index contributed by atoms with van der Waals surface area (Å²) in [5.41, 5.74) is 1.47. The predicted octanol–water partition coefficient (Wildman–Crippen LogP) is 1.90. The van der Waals surface area contributed by atoms with E-state index < -0.39 is 11.7 Å². The minimum Gasteiger partial charge on any atom is -0.336 e. The third-order valence-corrected chi connectivity index (χ3v) is 5.62. The predicted molar refractivity (Wildman–Crippen MR) is 112 cm³/mol. The third kappa shape index (κ3) is 3.90. The number of nitrogens with zero attached hydrogens (tertiary/aromatic N) is 6. The summed E-state index contributed by atoms with van der Waals surface area (Å²) >= 11 is 0. The number of amides is 2. The Balaban J connectivity index is 1.50. The average molecular weight is 420 g/mol. The molecule has 2 aromatic rings. The first kappa shape index (κ1) is 20.6. The quantitative estimate of drug-likeness (QED) is 0.756. The highest BCUT2D eigenvalue weighted by Gasteiger charge is 2.33. The van der Waals surface area contributed by atoms with E-state index in [0.29, 0.717) is 29.8 Å². The molecule has 2 amide bonds. The smallest absolute Gasteiger partial charge is 0.261 e. The molecule has 1 aromatic carbocycles. The van der Waals surface area contributed by atoms with Crippen molar-refractivity contribution in [3.8, 4) is 6.07 Å². The van der Waals surface area contributed by atoms with E-state index in [9.17, 15) is 14.0 Å². The number of benzene rings is 1. The lowest BCUT2D eigenvalue weighted by Crippen LogP contribution is -2.47. The van der Waals surface area contributed by atoms with Gasteiger partial charge in [0.2, 0.25) is 0 Å². The Hall–Kier alpha value is -3.64. The van der Waals surface area contributed by atoms with Gasteiger partial charge in [-0.1, -0.05) is 0 Å². The van der Waals surface area contributed by atoms with Gasteiger partial charge in [-0.15, -0.1) is 0 Å². The van der Waals surface area contributed by atoms with Crippen molar-refractivity contribution < 1.29 is 14.0 Å². The molecule has 2 aliphatic heterocycles. The fraction of sp³-hybridized carbons (Fsp3) is 0.318. The van der Waals surface area contributed by atoms with Gasteiger partial charge in [0.25, 0.3) is 11.8 Å². The van der Waals surface area contributed by atoms with Crippen molar-refractivity contribution in [2.45, 2.75) is 12.8 Å². The second kappa shape index (κ2) is 8.24. The van der Waals surface area contributed by atoms with Crippen LogP contribution in [-0.4, -0.2) is 66.0 Å². The number of halogens is 1. The fourth-order valence-electron chi connectivity index (χ4n) is 3.72. The molecular weight excluding hydrogens is 399 g/mol. The van der Waals surface area contributed by atoms with Crippen LogP contribution in [0, 0.1) is 24.1 Å². The van der Waals surface area contributed by atoms with Gasteiger partial charge in [-0.05, 0) is 49.4 Å². The van der Waals surface area contributed by atoms with Gasteiger partial charge in [-0.2, -0.15) is 15.4 Å². The summed E-state index contributed by atoms with van der Waals surface area (Å²) < 4.78 is 14.1. The molecule has 1 fully saturated rings. The van der Waals surface area contributed by atoms with Gasteiger partial charge in [0.15, 0.2) is 5.82 Å². The van der Waals surface area contributed by atoms with Crippen molar-refractivity contribution >= 4 is 23.8 Å². The van der Waals surface area contributed by atoms with E-state index in [1.165, 1.54) is 24.5 Å². The third-order valence-electron chi connectivity index (χ3n) is 5.62. The Morgan fingerprint density at radius 2 is 1.97 bits per heavy atom. The number of hydrogen-bond donors (Lipinski definition) is 0. The summed E-state index contributed by atoms with van der Waals surface area (Å²) in [6, 6.07) is 7.63. The zero-order chi connectivity index (χ0) is 22.1. The number of pyridine rings is 1. The molecule has 0 N–H and O–H groups in total. The number of likely N-dealkylation sites (N-methyl/N-ethyl adjacent to an activating group) is 1. The second-order valence-electron chi connectivity index (χ2n) is 7.69. The van der Waals surface area contributed by atoms with Crippen LogP contribution in [0.2, 0.25) is 0 Å². The van der Waals surface area contributed by atoms with Crippen LogP contribution in [0.5, 0.6) is 0 Å². The van der Waals surface area contributed by atoms with Crippen molar-refractivity contribution in [2.24, 2.45) is 5.10 Å². The first-order valence-electron chi connectivity index (χ1n) is 9.91. The van der Waals surface area contributed by atoms with Gasteiger partial charge in [-0.3, -0.25) is 9.59 Å². The summed E-state index contributed by atoms with van der Waals surface area (Å²) in [4.78, 5) is 33.8. The summed E-state index contributed by atoms with van der Waals surface area (Å²) in [6.45, 7) is 4.69. The van der Waals surface area contributed by atoms with Crippen molar-refractivity contribution in [1.82, 2.24) is 14.8 Å². The van der Waals surface area contributed by atoms with E-state index in [2.05, 4.69) is 15.0 Å². The lowest BCUT2D eigenvalue weighted by molar-refractivity contribution is -0.118. The summed E-state index contributed by atoms with van der Waals surface area (Å²) in [7, 11) is 2.02. The zero-order valence-electron chi connectivity index (χ0n) is 17.2. The van der Waals surface area contributed by atoms with E-state index in [-0.39, 0.29) is 23.2 Å². The number of anilines is 1. The van der Waals surface area contributed by atoms with E-state index in [4.69, 9.17) is 5.26 Å². The van der Waals surface area contributed by atoms with Gasteiger partial charge in [0.1, 0.15) is 17.8 Å². The normalized spacial score (nSPS) is 19.0. The summed E-state index contributed by atoms with van der Waals surface area (Å²) in [6.07, 6.45) is 2.87. The van der Waals surface area contributed by atoms with E-state index >= 15 is 0 Å². The standard InChI is InChI=1S/C22H21FN6O2/c1-14-9-16(11-24)19(23)10-17(14)18-13-26-29(22(18)31)20-4-3-15(12-25-20)21(30)28-7-5-27(2)6-8-28/h3-4,9-10,12-13,18H,5-8H2,1-2H3. The van der Waals surface area contributed by atoms with Crippen LogP contribution in [0.25, 0.3) is 0 Å². The summed E-state index contributed by atoms with van der Waals surface area (Å²) in [5, 5.41) is 14.3. The van der Waals surface area contributed by atoms with E-state index in [1.54, 1.807) is 30.0 Å². The number of aryl methyl sites for hydroxylation is 1. The molecule has 0 spiro atoms. The highest BCUT2D eigenvalue weighted by atomic mass is 19.1. The van der Waals surface area contributed by atoms with Crippen LogP contribution in [0.1, 0.15) is 33.0 Å². The second-order valence-corrected chi connectivity index (χ2v) is 7.69. The lowest BCUT2D eigenvalue weighted by atomic mass is 9.93. The number of piperazine rings is 1. The fourth-order valence-corrected chi connectivity index (χ4v) is 3.72. The molecule has 0 aliphatic carbocycles. The molecule has 8 nitrogen and oxygen atoms in total. The van der Waals surface area contributed by atoms with Crippen LogP contribution in [0.3, 0.4) is 0 Å². The molecule has 1 unspecified atom stereocenters. The SMILES string of the molecule is Cc1cc(C#N)c(F)cc1C1C=NN(c2ccc(C(=O)N3CCN(C)CC3)cn2)C1=O. The molecule has 1 aromatic heterocycles. The number of hydrogen-bond acceptors (Lipinski definition) is 6. The number of carbonyl (C=O) groups is 2. The Morgan fingerprint density at radius 3 is 2.61 bits per heavy atom. The van der Waals surface area contributed by atoms with Gasteiger partial charge in [-0.25, -0.2) is 9.37 Å². The highest BCUT2D eigenvalue weighted by Crippen LogP contribution is 2.29. The van der Waals surface area contributed by atoms with E-state index in [1.807, 2.05) is 7.05 Å². The molecule has 0 saturated carbocycles.